The molecule has 0 saturated carbocycles. The molecule has 0 spiro atoms. The number of rotatable bonds is 5. The van der Waals surface area contributed by atoms with Gasteiger partial charge in [-0.05, 0) is 66.2 Å². The first-order valence-electron chi connectivity index (χ1n) is 6.93. The summed E-state index contributed by atoms with van der Waals surface area (Å²) in [5.74, 6) is -0.216. The summed E-state index contributed by atoms with van der Waals surface area (Å²) in [4.78, 5) is 18.5. The molecular weight excluding hydrogens is 330 g/mol. The van der Waals surface area contributed by atoms with Gasteiger partial charge in [0.05, 0.1) is 0 Å². The average molecular weight is 348 g/mol. The zero-order valence-corrected chi connectivity index (χ0v) is 13.7. The first-order chi connectivity index (χ1) is 10.1. The van der Waals surface area contributed by atoms with Crippen LogP contribution in [-0.2, 0) is 0 Å². The van der Waals surface area contributed by atoms with Gasteiger partial charge in [-0.15, -0.1) is 0 Å². The van der Waals surface area contributed by atoms with Crippen molar-refractivity contribution in [3.63, 3.8) is 0 Å². The molecule has 2 rings (SSSR count). The van der Waals surface area contributed by atoms with E-state index >= 15 is 0 Å². The van der Waals surface area contributed by atoms with Crippen molar-refractivity contribution < 1.29 is 4.79 Å². The van der Waals surface area contributed by atoms with Gasteiger partial charge in [0, 0.05) is 24.5 Å². The molecule has 0 aliphatic rings. The normalized spacial score (nSPS) is 10.2. The van der Waals surface area contributed by atoms with E-state index in [-0.39, 0.29) is 5.91 Å². The number of pyridine rings is 1. The highest BCUT2D eigenvalue weighted by Crippen LogP contribution is 2.18. The molecule has 1 aromatic heterocycles. The molecule has 1 amide bonds. The smallest absolute Gasteiger partial charge is 0.274 e. The zero-order chi connectivity index (χ0) is 15.2. The highest BCUT2D eigenvalue weighted by atomic mass is 79.9. The van der Waals surface area contributed by atoms with Crippen molar-refractivity contribution in [1.82, 2.24) is 4.98 Å². The number of hydrogen-bond donors (Lipinski definition) is 1. The van der Waals surface area contributed by atoms with Crippen LogP contribution in [0.2, 0.25) is 0 Å². The second kappa shape index (κ2) is 7.22. The molecule has 0 aliphatic heterocycles. The third-order valence-electron chi connectivity index (χ3n) is 3.20. The molecule has 2 aromatic rings. The predicted octanol–water partition coefficient (Wildman–Crippen LogP) is 3.94. The van der Waals surface area contributed by atoms with Crippen LogP contribution in [-0.4, -0.2) is 24.0 Å². The van der Waals surface area contributed by atoms with Crippen LogP contribution < -0.4 is 10.2 Å². The van der Waals surface area contributed by atoms with Gasteiger partial charge in [0.25, 0.3) is 5.91 Å². The summed E-state index contributed by atoms with van der Waals surface area (Å²) in [6.45, 7) is 6.17. The molecule has 21 heavy (non-hydrogen) atoms. The average Bonchev–Trinajstić information content (AvgIpc) is 2.50. The Kier molecular flexibility index (Phi) is 5.33. The van der Waals surface area contributed by atoms with Crippen molar-refractivity contribution in [2.24, 2.45) is 0 Å². The molecule has 0 radical (unpaired) electrons. The van der Waals surface area contributed by atoms with Gasteiger partial charge < -0.3 is 10.2 Å². The molecule has 0 fully saturated rings. The largest absolute Gasteiger partial charge is 0.372 e. The van der Waals surface area contributed by atoms with Crippen LogP contribution in [0.25, 0.3) is 0 Å². The third kappa shape index (κ3) is 4.04. The topological polar surface area (TPSA) is 45.2 Å². The number of hydrogen-bond acceptors (Lipinski definition) is 3. The minimum Gasteiger partial charge on any atom is -0.372 e. The first kappa shape index (κ1) is 15.5. The van der Waals surface area contributed by atoms with Crippen molar-refractivity contribution in [3.05, 3.63) is 52.8 Å². The molecule has 110 valence electrons. The number of benzene rings is 1. The van der Waals surface area contributed by atoms with E-state index in [0.717, 1.165) is 24.5 Å². The van der Waals surface area contributed by atoms with Gasteiger partial charge in [0.2, 0.25) is 0 Å². The van der Waals surface area contributed by atoms with Gasteiger partial charge in [-0.25, -0.2) is 4.98 Å². The number of carbonyl (C=O) groups excluding carboxylic acids is 1. The van der Waals surface area contributed by atoms with Crippen molar-refractivity contribution in [2.45, 2.75) is 13.8 Å². The van der Waals surface area contributed by atoms with E-state index < -0.39 is 0 Å². The van der Waals surface area contributed by atoms with Crippen molar-refractivity contribution in [2.75, 3.05) is 23.3 Å². The fraction of sp³-hybridized carbons (Fsp3) is 0.250. The lowest BCUT2D eigenvalue weighted by molar-refractivity contribution is 0.102. The standard InChI is InChI=1S/C16H18BrN3O/c1-3-20(4-2)13-10-8-12(9-11-13)18-16(21)14-6-5-7-15(17)19-14/h5-11H,3-4H2,1-2H3,(H,18,21). The van der Waals surface area contributed by atoms with Gasteiger partial charge in [-0.2, -0.15) is 0 Å². The summed E-state index contributed by atoms with van der Waals surface area (Å²) in [5, 5.41) is 2.85. The Morgan fingerprint density at radius 3 is 2.38 bits per heavy atom. The molecule has 1 aromatic carbocycles. The summed E-state index contributed by atoms with van der Waals surface area (Å²) < 4.78 is 0.645. The Balaban J connectivity index is 2.08. The molecule has 4 nitrogen and oxygen atoms in total. The Labute approximate surface area is 133 Å². The highest BCUT2D eigenvalue weighted by molar-refractivity contribution is 9.10. The summed E-state index contributed by atoms with van der Waals surface area (Å²) in [5.41, 5.74) is 2.30. The summed E-state index contributed by atoms with van der Waals surface area (Å²) in [6, 6.07) is 13.1. The van der Waals surface area contributed by atoms with E-state index in [1.165, 1.54) is 0 Å². The summed E-state index contributed by atoms with van der Waals surface area (Å²) in [6.07, 6.45) is 0. The molecule has 0 bridgehead atoms. The van der Waals surface area contributed by atoms with Gasteiger partial charge in [-0.1, -0.05) is 6.07 Å². The highest BCUT2D eigenvalue weighted by Gasteiger charge is 2.08. The molecule has 1 N–H and O–H groups in total. The number of carbonyl (C=O) groups is 1. The van der Waals surface area contributed by atoms with Crippen LogP contribution in [0.4, 0.5) is 11.4 Å². The van der Waals surface area contributed by atoms with Gasteiger partial charge in [0.15, 0.2) is 0 Å². The van der Waals surface area contributed by atoms with Gasteiger partial charge >= 0.3 is 0 Å². The van der Waals surface area contributed by atoms with Crippen molar-refractivity contribution in [3.8, 4) is 0 Å². The third-order valence-corrected chi connectivity index (χ3v) is 3.64. The lowest BCUT2D eigenvalue weighted by Gasteiger charge is -2.21. The number of nitrogens with one attached hydrogen (secondary N) is 1. The molecule has 1 heterocycles. The summed E-state index contributed by atoms with van der Waals surface area (Å²) >= 11 is 3.26. The van der Waals surface area contributed by atoms with Crippen LogP contribution in [0.1, 0.15) is 24.3 Å². The number of amides is 1. The number of nitrogens with zero attached hydrogens (tertiary/aromatic N) is 2. The van der Waals surface area contributed by atoms with Gasteiger partial charge in [0.1, 0.15) is 10.3 Å². The lowest BCUT2D eigenvalue weighted by atomic mass is 10.2. The van der Waals surface area contributed by atoms with Gasteiger partial charge in [-0.3, -0.25) is 4.79 Å². The molecule has 0 atom stereocenters. The second-order valence-corrected chi connectivity index (χ2v) is 5.33. The first-order valence-corrected chi connectivity index (χ1v) is 7.72. The Morgan fingerprint density at radius 1 is 1.14 bits per heavy atom. The minimum absolute atomic E-state index is 0.216. The van der Waals surface area contributed by atoms with E-state index in [0.29, 0.717) is 10.3 Å². The summed E-state index contributed by atoms with van der Waals surface area (Å²) in [7, 11) is 0. The molecule has 0 aliphatic carbocycles. The van der Waals surface area contributed by atoms with E-state index in [2.05, 4.69) is 45.0 Å². The predicted molar refractivity (Wildman–Crippen MR) is 89.9 cm³/mol. The maximum absolute atomic E-state index is 12.1. The monoisotopic (exact) mass is 347 g/mol. The fourth-order valence-electron chi connectivity index (χ4n) is 2.07. The molecular formula is C16H18BrN3O. The van der Waals surface area contributed by atoms with E-state index in [1.54, 1.807) is 18.2 Å². The Hall–Kier alpha value is -1.88. The molecule has 0 saturated heterocycles. The fourth-order valence-corrected chi connectivity index (χ4v) is 2.42. The maximum atomic E-state index is 12.1. The quantitative estimate of drug-likeness (QED) is 0.833. The number of halogens is 1. The van der Waals surface area contributed by atoms with Crippen LogP contribution in [0, 0.1) is 0 Å². The SMILES string of the molecule is CCN(CC)c1ccc(NC(=O)c2cccc(Br)n2)cc1. The van der Waals surface area contributed by atoms with Crippen LogP contribution in [0.15, 0.2) is 47.1 Å². The van der Waals surface area contributed by atoms with Crippen LogP contribution >= 0.6 is 15.9 Å². The van der Waals surface area contributed by atoms with Crippen molar-refractivity contribution in [1.29, 1.82) is 0 Å². The zero-order valence-electron chi connectivity index (χ0n) is 12.1. The van der Waals surface area contributed by atoms with E-state index in [4.69, 9.17) is 0 Å². The Morgan fingerprint density at radius 2 is 1.81 bits per heavy atom. The van der Waals surface area contributed by atoms with E-state index in [9.17, 15) is 4.79 Å². The minimum atomic E-state index is -0.216. The Bertz CT molecular complexity index is 609. The number of aromatic nitrogens is 1. The van der Waals surface area contributed by atoms with E-state index in [1.807, 2.05) is 24.3 Å². The van der Waals surface area contributed by atoms with Crippen molar-refractivity contribution >= 4 is 33.2 Å². The second-order valence-electron chi connectivity index (χ2n) is 4.52. The number of anilines is 2. The molecule has 5 heteroatoms. The molecule has 0 unspecified atom stereocenters. The maximum Gasteiger partial charge on any atom is 0.274 e. The van der Waals surface area contributed by atoms with Crippen LogP contribution in [0.5, 0.6) is 0 Å². The lowest BCUT2D eigenvalue weighted by Crippen LogP contribution is -2.21. The van der Waals surface area contributed by atoms with Crippen LogP contribution in [0.3, 0.4) is 0 Å².